The number of anilines is 4. The molecule has 0 amide bonds. The van der Waals surface area contributed by atoms with Crippen LogP contribution in [0.4, 0.5) is 23.5 Å². The Hall–Kier alpha value is -4.10. The molecule has 0 saturated heterocycles. The minimum atomic E-state index is -0.272. The second kappa shape index (κ2) is 17.3. The van der Waals surface area contributed by atoms with Crippen LogP contribution >= 0.6 is 23.2 Å². The third-order valence-corrected chi connectivity index (χ3v) is 8.85. The summed E-state index contributed by atoms with van der Waals surface area (Å²) in [5.41, 5.74) is 11.4. The first-order valence-electron chi connectivity index (χ1n) is 16.2. The molecule has 2 aliphatic carbocycles. The number of nitrogens with two attached hydrogens (primary N) is 2. The van der Waals surface area contributed by atoms with Crippen LogP contribution in [0, 0.1) is 11.8 Å². The zero-order valence-corrected chi connectivity index (χ0v) is 28.1. The molecule has 14 heteroatoms. The first-order chi connectivity index (χ1) is 23.2. The molecule has 12 nitrogen and oxygen atoms in total. The van der Waals surface area contributed by atoms with E-state index in [-0.39, 0.29) is 30.0 Å². The maximum Gasteiger partial charge on any atom is 0.222 e. The molecule has 4 atom stereocenters. The van der Waals surface area contributed by atoms with Crippen LogP contribution in [-0.2, 0) is 0 Å². The topological polar surface area (TPSA) is 187 Å². The molecule has 0 aliphatic heterocycles. The van der Waals surface area contributed by atoms with Crippen LogP contribution in [0.3, 0.4) is 0 Å². The first kappa shape index (κ1) is 35.2. The molecule has 48 heavy (non-hydrogen) atoms. The standard InChI is InChI=1S/2C17H21ClN4O2/c18-12-4-6-14(7-5-12)24-15-10-21-17(19)22-16(15)20-9-11-2-1-3-13(23)8-11;18-12-5-7-13(8-6-12)24-15-10-21-17(19)22-16(15)20-9-11-3-1-2-4-14(11)23/h4-7,10-11,13,23H,1-3,8-9H2,(H3,19,20,21,22);5-8,10-11,14,23H,1-4,9H2,(H3,19,20,21,22)/t11-,13+;11-,14-/m00/s1. The largest absolute Gasteiger partial charge is 0.452 e. The van der Waals surface area contributed by atoms with Gasteiger partial charge in [-0.3, -0.25) is 0 Å². The quantitative estimate of drug-likeness (QED) is 0.100. The maximum absolute atomic E-state index is 10.1. The van der Waals surface area contributed by atoms with E-state index < -0.39 is 0 Å². The van der Waals surface area contributed by atoms with Crippen LogP contribution in [0.2, 0.25) is 10.0 Å². The number of nitrogen functional groups attached to an aromatic ring is 2. The summed E-state index contributed by atoms with van der Waals surface area (Å²) >= 11 is 11.8. The molecule has 6 rings (SSSR count). The summed E-state index contributed by atoms with van der Waals surface area (Å²) in [6.07, 6.45) is 10.5. The maximum atomic E-state index is 10.1. The van der Waals surface area contributed by atoms with Gasteiger partial charge in [-0.25, -0.2) is 9.97 Å². The highest BCUT2D eigenvalue weighted by atomic mass is 35.5. The van der Waals surface area contributed by atoms with Crippen molar-refractivity contribution >= 4 is 46.7 Å². The van der Waals surface area contributed by atoms with Gasteiger partial charge in [0.15, 0.2) is 23.1 Å². The van der Waals surface area contributed by atoms with Gasteiger partial charge in [-0.2, -0.15) is 9.97 Å². The molecule has 4 aromatic rings. The molecule has 0 unspecified atom stereocenters. The number of aromatic nitrogens is 4. The summed E-state index contributed by atoms with van der Waals surface area (Å²) in [6.45, 7) is 1.33. The molecule has 2 aromatic carbocycles. The highest BCUT2D eigenvalue weighted by molar-refractivity contribution is 6.30. The van der Waals surface area contributed by atoms with Crippen LogP contribution in [0.5, 0.6) is 23.0 Å². The fourth-order valence-electron chi connectivity index (χ4n) is 5.77. The van der Waals surface area contributed by atoms with E-state index in [0.717, 1.165) is 51.4 Å². The highest BCUT2D eigenvalue weighted by Crippen LogP contribution is 2.32. The predicted molar refractivity (Wildman–Crippen MR) is 189 cm³/mol. The average Bonchev–Trinajstić information content (AvgIpc) is 3.08. The smallest absolute Gasteiger partial charge is 0.222 e. The second-order valence-electron chi connectivity index (χ2n) is 12.1. The average molecular weight is 698 g/mol. The minimum Gasteiger partial charge on any atom is -0.452 e. The fourth-order valence-corrected chi connectivity index (χ4v) is 6.03. The van der Waals surface area contributed by atoms with Crippen molar-refractivity contribution in [1.29, 1.82) is 0 Å². The number of aliphatic hydroxyl groups is 2. The number of hydrogen-bond donors (Lipinski definition) is 6. The van der Waals surface area contributed by atoms with E-state index in [1.807, 2.05) is 0 Å². The minimum absolute atomic E-state index is 0.171. The molecule has 2 aromatic heterocycles. The molecular formula is C34H42Cl2N8O4. The molecule has 2 aliphatic rings. The number of ether oxygens (including phenoxy) is 2. The molecule has 0 bridgehead atoms. The molecule has 256 valence electrons. The Bertz CT molecular complexity index is 1600. The number of hydrogen-bond acceptors (Lipinski definition) is 12. The SMILES string of the molecule is Nc1ncc(Oc2ccc(Cl)cc2)c(NC[C@@H]2CCCC[C@@H]2O)n1.Nc1ncc(Oc2ccc(Cl)cc2)c(NC[C@H]2CCC[C@@H](O)C2)n1. The summed E-state index contributed by atoms with van der Waals surface area (Å²) < 4.78 is 11.7. The highest BCUT2D eigenvalue weighted by Gasteiger charge is 2.24. The number of nitrogens with zero attached hydrogens (tertiary/aromatic N) is 4. The van der Waals surface area contributed by atoms with E-state index in [9.17, 15) is 10.2 Å². The van der Waals surface area contributed by atoms with Crippen LogP contribution in [0.1, 0.15) is 51.4 Å². The van der Waals surface area contributed by atoms with E-state index >= 15 is 0 Å². The van der Waals surface area contributed by atoms with Crippen molar-refractivity contribution in [2.45, 2.75) is 63.6 Å². The van der Waals surface area contributed by atoms with E-state index in [0.29, 0.717) is 63.7 Å². The summed E-state index contributed by atoms with van der Waals surface area (Å²) in [4.78, 5) is 16.4. The fraction of sp³-hybridized carbons (Fsp3) is 0.412. The lowest BCUT2D eigenvalue weighted by atomic mass is 9.86. The number of rotatable bonds is 10. The third-order valence-electron chi connectivity index (χ3n) is 8.34. The van der Waals surface area contributed by atoms with Crippen molar-refractivity contribution in [3.05, 3.63) is 71.0 Å². The summed E-state index contributed by atoms with van der Waals surface area (Å²) in [5.74, 6) is 4.31. The first-order valence-corrected chi connectivity index (χ1v) is 16.9. The Kier molecular flexibility index (Phi) is 12.7. The number of halogens is 2. The van der Waals surface area contributed by atoms with E-state index in [1.165, 1.54) is 6.20 Å². The van der Waals surface area contributed by atoms with Crippen molar-refractivity contribution in [1.82, 2.24) is 19.9 Å². The van der Waals surface area contributed by atoms with Gasteiger partial charge in [-0.05, 0) is 86.6 Å². The van der Waals surface area contributed by atoms with Crippen molar-refractivity contribution in [3.63, 3.8) is 0 Å². The van der Waals surface area contributed by atoms with Crippen molar-refractivity contribution < 1.29 is 19.7 Å². The molecule has 8 N–H and O–H groups in total. The normalized spacial score (nSPS) is 20.6. The Balaban J connectivity index is 0.000000188. The van der Waals surface area contributed by atoms with Crippen LogP contribution < -0.4 is 31.6 Å². The zero-order chi connectivity index (χ0) is 33.9. The van der Waals surface area contributed by atoms with Crippen LogP contribution in [-0.4, -0.2) is 55.4 Å². The Morgan fingerprint density at radius 3 is 1.73 bits per heavy atom. The second-order valence-corrected chi connectivity index (χ2v) is 12.9. The lowest BCUT2D eigenvalue weighted by Crippen LogP contribution is -2.30. The Morgan fingerprint density at radius 2 is 1.21 bits per heavy atom. The van der Waals surface area contributed by atoms with E-state index in [4.69, 9.17) is 44.1 Å². The van der Waals surface area contributed by atoms with Crippen LogP contribution in [0.25, 0.3) is 0 Å². The van der Waals surface area contributed by atoms with Crippen molar-refractivity contribution in [3.8, 4) is 23.0 Å². The van der Waals surface area contributed by atoms with Gasteiger partial charge in [0.1, 0.15) is 11.5 Å². The van der Waals surface area contributed by atoms with Crippen molar-refractivity contribution in [2.75, 3.05) is 35.2 Å². The summed E-state index contributed by atoms with van der Waals surface area (Å²) in [5, 5.41) is 27.7. The summed E-state index contributed by atoms with van der Waals surface area (Å²) in [7, 11) is 0. The van der Waals surface area contributed by atoms with Gasteiger partial charge in [0.25, 0.3) is 0 Å². The van der Waals surface area contributed by atoms with E-state index in [1.54, 1.807) is 54.7 Å². The molecule has 0 spiro atoms. The van der Waals surface area contributed by atoms with Gasteiger partial charge >= 0.3 is 0 Å². The predicted octanol–water partition coefficient (Wildman–Crippen LogP) is 6.94. The van der Waals surface area contributed by atoms with Gasteiger partial charge in [0, 0.05) is 29.1 Å². The lowest BCUT2D eigenvalue weighted by molar-refractivity contribution is 0.0762. The Morgan fingerprint density at radius 1 is 0.688 bits per heavy atom. The van der Waals surface area contributed by atoms with Crippen molar-refractivity contribution in [2.24, 2.45) is 11.8 Å². The Labute approximate surface area is 290 Å². The number of aliphatic hydroxyl groups excluding tert-OH is 2. The van der Waals surface area contributed by atoms with Gasteiger partial charge in [0.05, 0.1) is 24.6 Å². The third kappa shape index (κ3) is 10.7. The zero-order valence-electron chi connectivity index (χ0n) is 26.6. The number of benzene rings is 2. The van der Waals surface area contributed by atoms with Gasteiger partial charge in [-0.15, -0.1) is 0 Å². The van der Waals surface area contributed by atoms with Gasteiger partial charge < -0.3 is 41.8 Å². The van der Waals surface area contributed by atoms with E-state index in [2.05, 4.69) is 30.6 Å². The molecular weight excluding hydrogens is 655 g/mol. The monoisotopic (exact) mass is 696 g/mol. The van der Waals surface area contributed by atoms with Crippen LogP contribution in [0.15, 0.2) is 60.9 Å². The van der Waals surface area contributed by atoms with Gasteiger partial charge in [-0.1, -0.05) is 42.5 Å². The number of nitrogens with one attached hydrogen (secondary N) is 2. The van der Waals surface area contributed by atoms with Gasteiger partial charge in [0.2, 0.25) is 11.9 Å². The molecule has 2 saturated carbocycles. The molecule has 2 heterocycles. The lowest BCUT2D eigenvalue weighted by Gasteiger charge is -2.28. The molecule has 2 fully saturated rings. The summed E-state index contributed by atoms with van der Waals surface area (Å²) in [6, 6.07) is 14.1. The molecule has 0 radical (unpaired) electrons.